The van der Waals surface area contributed by atoms with Crippen LogP contribution in [0.15, 0.2) is 4.99 Å². The lowest BCUT2D eigenvalue weighted by atomic mass is 9.69. The quantitative estimate of drug-likeness (QED) is 0.529. The van der Waals surface area contributed by atoms with Crippen molar-refractivity contribution in [2.45, 2.75) is 85.2 Å². The van der Waals surface area contributed by atoms with Crippen molar-refractivity contribution in [3.8, 4) is 0 Å². The summed E-state index contributed by atoms with van der Waals surface area (Å²) in [7, 11) is 0. The molecule has 1 saturated carbocycles. The molecule has 0 aliphatic heterocycles. The fraction of sp³-hybridized carbons (Fsp3) is 0.944. The SMILES string of the molecule is CCC1CC(CC)C(N=C(NC(C)CC)SC)C(CC)C1. The highest BCUT2D eigenvalue weighted by Crippen LogP contribution is 2.40. The summed E-state index contributed by atoms with van der Waals surface area (Å²) in [5.41, 5.74) is 0. The Balaban J connectivity index is 2.88. The Hall–Kier alpha value is -0.180. The minimum atomic E-state index is 0.517. The van der Waals surface area contributed by atoms with Crippen LogP contribution in [0.3, 0.4) is 0 Å². The maximum Gasteiger partial charge on any atom is 0.156 e. The Bertz CT molecular complexity index is 302. The highest BCUT2D eigenvalue weighted by molar-refractivity contribution is 8.13. The molecule has 3 atom stereocenters. The minimum Gasteiger partial charge on any atom is -0.362 e. The van der Waals surface area contributed by atoms with Crippen LogP contribution >= 0.6 is 11.8 Å². The number of nitrogens with zero attached hydrogens (tertiary/aromatic N) is 1. The molecule has 21 heavy (non-hydrogen) atoms. The van der Waals surface area contributed by atoms with E-state index in [4.69, 9.17) is 4.99 Å². The molecule has 0 aromatic heterocycles. The molecule has 0 bridgehead atoms. The number of nitrogens with one attached hydrogen (secondary N) is 1. The van der Waals surface area contributed by atoms with E-state index in [0.29, 0.717) is 12.1 Å². The Labute approximate surface area is 137 Å². The van der Waals surface area contributed by atoms with Gasteiger partial charge in [0.25, 0.3) is 0 Å². The summed E-state index contributed by atoms with van der Waals surface area (Å²) in [5.74, 6) is 2.47. The van der Waals surface area contributed by atoms with E-state index in [1.807, 2.05) is 0 Å². The average Bonchev–Trinajstić information content (AvgIpc) is 2.53. The van der Waals surface area contributed by atoms with Gasteiger partial charge in [0.2, 0.25) is 0 Å². The zero-order valence-corrected chi connectivity index (χ0v) is 15.8. The van der Waals surface area contributed by atoms with E-state index >= 15 is 0 Å². The summed E-state index contributed by atoms with van der Waals surface area (Å²) in [6.07, 6.45) is 9.93. The van der Waals surface area contributed by atoms with Crippen LogP contribution < -0.4 is 5.32 Å². The van der Waals surface area contributed by atoms with Gasteiger partial charge < -0.3 is 5.32 Å². The molecule has 124 valence electrons. The van der Waals surface area contributed by atoms with Gasteiger partial charge >= 0.3 is 0 Å². The van der Waals surface area contributed by atoms with E-state index in [-0.39, 0.29) is 0 Å². The van der Waals surface area contributed by atoms with E-state index in [1.54, 1.807) is 11.8 Å². The molecule has 1 fully saturated rings. The fourth-order valence-corrected chi connectivity index (χ4v) is 4.12. The Morgan fingerprint density at radius 3 is 2.05 bits per heavy atom. The third kappa shape index (κ3) is 5.50. The van der Waals surface area contributed by atoms with Gasteiger partial charge in [-0.3, -0.25) is 4.99 Å². The number of hydrogen-bond acceptors (Lipinski definition) is 2. The van der Waals surface area contributed by atoms with Crippen molar-refractivity contribution in [2.24, 2.45) is 22.7 Å². The van der Waals surface area contributed by atoms with E-state index in [2.05, 4.69) is 46.2 Å². The molecule has 1 aliphatic carbocycles. The molecule has 3 heteroatoms. The molecular formula is C18H36N2S. The molecule has 3 unspecified atom stereocenters. The van der Waals surface area contributed by atoms with Crippen molar-refractivity contribution in [3.63, 3.8) is 0 Å². The predicted octanol–water partition coefficient (Wildman–Crippen LogP) is 5.33. The van der Waals surface area contributed by atoms with Crippen LogP contribution in [0.25, 0.3) is 0 Å². The maximum atomic E-state index is 5.18. The Morgan fingerprint density at radius 2 is 1.67 bits per heavy atom. The van der Waals surface area contributed by atoms with Crippen LogP contribution in [0.5, 0.6) is 0 Å². The number of thioether (sulfide) groups is 1. The molecule has 1 aliphatic rings. The topological polar surface area (TPSA) is 24.4 Å². The van der Waals surface area contributed by atoms with Gasteiger partial charge in [-0.25, -0.2) is 0 Å². The third-order valence-electron chi connectivity index (χ3n) is 5.31. The number of rotatable bonds is 6. The van der Waals surface area contributed by atoms with Crippen molar-refractivity contribution in [3.05, 3.63) is 0 Å². The van der Waals surface area contributed by atoms with Gasteiger partial charge in [0.15, 0.2) is 5.17 Å². The minimum absolute atomic E-state index is 0.517. The summed E-state index contributed by atoms with van der Waals surface area (Å²) in [5, 5.41) is 4.74. The lowest BCUT2D eigenvalue weighted by Gasteiger charge is -2.39. The zero-order chi connectivity index (χ0) is 15.8. The number of aliphatic imine (C=N–C) groups is 1. The molecule has 0 amide bonds. The first-order chi connectivity index (χ1) is 10.1. The summed E-state index contributed by atoms with van der Waals surface area (Å²) in [4.78, 5) is 5.18. The maximum absolute atomic E-state index is 5.18. The first kappa shape index (κ1) is 18.9. The van der Waals surface area contributed by atoms with Gasteiger partial charge in [0, 0.05) is 6.04 Å². The van der Waals surface area contributed by atoms with Crippen LogP contribution in [0.4, 0.5) is 0 Å². The summed E-state index contributed by atoms with van der Waals surface area (Å²) in [6, 6.07) is 1.05. The van der Waals surface area contributed by atoms with E-state index in [1.165, 1.54) is 32.1 Å². The lowest BCUT2D eigenvalue weighted by Crippen LogP contribution is -2.38. The number of amidine groups is 1. The van der Waals surface area contributed by atoms with Gasteiger partial charge in [-0.15, -0.1) is 0 Å². The van der Waals surface area contributed by atoms with E-state index in [9.17, 15) is 0 Å². The smallest absolute Gasteiger partial charge is 0.156 e. The highest BCUT2D eigenvalue weighted by atomic mass is 32.2. The summed E-state index contributed by atoms with van der Waals surface area (Å²) < 4.78 is 0. The fourth-order valence-electron chi connectivity index (χ4n) is 3.57. The molecular weight excluding hydrogens is 276 g/mol. The Kier molecular flexibility index (Phi) is 8.77. The second kappa shape index (κ2) is 9.76. The van der Waals surface area contributed by atoms with Crippen molar-refractivity contribution in [1.82, 2.24) is 5.32 Å². The molecule has 0 radical (unpaired) electrons. The van der Waals surface area contributed by atoms with Gasteiger partial charge in [0.05, 0.1) is 6.04 Å². The van der Waals surface area contributed by atoms with Crippen LogP contribution in [-0.4, -0.2) is 23.5 Å². The monoisotopic (exact) mass is 312 g/mol. The normalized spacial score (nSPS) is 32.0. The molecule has 1 N–H and O–H groups in total. The van der Waals surface area contributed by atoms with Crippen molar-refractivity contribution in [2.75, 3.05) is 6.26 Å². The number of hydrogen-bond donors (Lipinski definition) is 1. The van der Waals surface area contributed by atoms with E-state index in [0.717, 1.165) is 29.3 Å². The second-order valence-corrected chi connectivity index (χ2v) is 7.46. The van der Waals surface area contributed by atoms with Gasteiger partial charge in [-0.1, -0.05) is 58.7 Å². The first-order valence-electron chi connectivity index (χ1n) is 8.97. The molecule has 0 saturated heterocycles. The van der Waals surface area contributed by atoms with Crippen LogP contribution in [-0.2, 0) is 0 Å². The third-order valence-corrected chi connectivity index (χ3v) is 5.92. The molecule has 0 heterocycles. The predicted molar refractivity (Wildman–Crippen MR) is 98.2 cm³/mol. The van der Waals surface area contributed by atoms with Crippen molar-refractivity contribution >= 4 is 16.9 Å². The van der Waals surface area contributed by atoms with Crippen LogP contribution in [0, 0.1) is 17.8 Å². The standard InChI is InChI=1S/C18H36N2S/c1-7-13(5)19-18(21-6)20-17-15(9-3)11-14(8-2)12-16(17)10-4/h13-17H,7-12H2,1-6H3,(H,19,20). The molecule has 0 spiro atoms. The molecule has 1 rings (SSSR count). The van der Waals surface area contributed by atoms with Gasteiger partial charge in [-0.05, 0) is 50.2 Å². The summed E-state index contributed by atoms with van der Waals surface area (Å²) >= 11 is 1.78. The highest BCUT2D eigenvalue weighted by Gasteiger charge is 2.35. The first-order valence-corrected chi connectivity index (χ1v) is 10.2. The molecule has 2 nitrogen and oxygen atoms in total. The van der Waals surface area contributed by atoms with E-state index < -0.39 is 0 Å². The largest absolute Gasteiger partial charge is 0.362 e. The van der Waals surface area contributed by atoms with Crippen molar-refractivity contribution < 1.29 is 0 Å². The second-order valence-electron chi connectivity index (χ2n) is 6.66. The Morgan fingerprint density at radius 1 is 1.10 bits per heavy atom. The molecule has 0 aromatic rings. The summed E-state index contributed by atoms with van der Waals surface area (Å²) in [6.45, 7) is 11.5. The van der Waals surface area contributed by atoms with Crippen LogP contribution in [0.2, 0.25) is 0 Å². The lowest BCUT2D eigenvalue weighted by molar-refractivity contribution is 0.151. The average molecular weight is 313 g/mol. The molecule has 0 aromatic carbocycles. The zero-order valence-electron chi connectivity index (χ0n) is 15.0. The van der Waals surface area contributed by atoms with Gasteiger partial charge in [-0.2, -0.15) is 0 Å². The van der Waals surface area contributed by atoms with Crippen LogP contribution in [0.1, 0.15) is 73.1 Å². The van der Waals surface area contributed by atoms with Crippen molar-refractivity contribution in [1.29, 1.82) is 0 Å². The van der Waals surface area contributed by atoms with Gasteiger partial charge in [0.1, 0.15) is 0 Å².